The lowest BCUT2D eigenvalue weighted by atomic mass is 10.2. The molecule has 1 aromatic carbocycles. The van der Waals surface area contributed by atoms with Crippen LogP contribution in [0, 0.1) is 5.82 Å². The maximum atomic E-state index is 13.5. The summed E-state index contributed by atoms with van der Waals surface area (Å²) < 4.78 is 26.2. The van der Waals surface area contributed by atoms with Gasteiger partial charge in [0.1, 0.15) is 30.3 Å². The van der Waals surface area contributed by atoms with Crippen LogP contribution in [0.4, 0.5) is 4.39 Å². The highest BCUT2D eigenvalue weighted by Gasteiger charge is 2.16. The van der Waals surface area contributed by atoms with Gasteiger partial charge in [0, 0.05) is 17.8 Å². The first-order chi connectivity index (χ1) is 11.7. The average molecular weight is 328 g/mol. The molecule has 2 aromatic heterocycles. The highest BCUT2D eigenvalue weighted by Crippen LogP contribution is 2.22. The lowest BCUT2D eigenvalue weighted by Crippen LogP contribution is -2.28. The van der Waals surface area contributed by atoms with Crippen LogP contribution in [0.25, 0.3) is 5.65 Å². The molecule has 4 rings (SSSR count). The highest BCUT2D eigenvalue weighted by molar-refractivity contribution is 5.99. The van der Waals surface area contributed by atoms with E-state index in [-0.39, 0.29) is 24.9 Å². The number of aromatic nitrogens is 3. The van der Waals surface area contributed by atoms with Gasteiger partial charge in [0.2, 0.25) is 5.88 Å². The van der Waals surface area contributed by atoms with E-state index < -0.39 is 0 Å². The Bertz CT molecular complexity index is 925. The second-order valence-corrected chi connectivity index (χ2v) is 5.24. The Morgan fingerprint density at radius 2 is 2.17 bits per heavy atom. The van der Waals surface area contributed by atoms with Gasteiger partial charge in [-0.05, 0) is 18.2 Å². The SMILES string of the molecule is O=C1NCCOc2ccc(F)cc2COc2ccn3ncc1c3n2. The van der Waals surface area contributed by atoms with Crippen LogP contribution >= 0.6 is 0 Å². The summed E-state index contributed by atoms with van der Waals surface area (Å²) in [6.45, 7) is 0.647. The van der Waals surface area contributed by atoms with Gasteiger partial charge in [-0.3, -0.25) is 4.79 Å². The number of hydrogen-bond acceptors (Lipinski definition) is 5. The molecule has 3 heterocycles. The fourth-order valence-corrected chi connectivity index (χ4v) is 2.47. The van der Waals surface area contributed by atoms with Crippen molar-refractivity contribution in [2.75, 3.05) is 13.2 Å². The van der Waals surface area contributed by atoms with Crippen molar-refractivity contribution in [1.82, 2.24) is 19.9 Å². The van der Waals surface area contributed by atoms with E-state index in [1.165, 1.54) is 22.8 Å². The molecule has 7 nitrogen and oxygen atoms in total. The second-order valence-electron chi connectivity index (χ2n) is 5.24. The minimum Gasteiger partial charge on any atom is -0.491 e. The summed E-state index contributed by atoms with van der Waals surface area (Å²) in [6, 6.07) is 5.84. The fourth-order valence-electron chi connectivity index (χ4n) is 2.47. The molecule has 1 aliphatic heterocycles. The van der Waals surface area contributed by atoms with Gasteiger partial charge in [-0.1, -0.05) is 0 Å². The number of benzene rings is 1. The smallest absolute Gasteiger partial charge is 0.256 e. The Morgan fingerprint density at radius 3 is 3.08 bits per heavy atom. The Labute approximate surface area is 136 Å². The standard InChI is InChI=1S/C16H13FN4O3/c17-11-1-2-13-10(7-11)9-24-14-3-5-21-15(20-14)12(8-19-21)16(22)18-4-6-23-13/h1-3,5,7-8H,4,6,9H2,(H,18,22). The molecule has 0 fully saturated rings. The van der Waals surface area contributed by atoms with Crippen LogP contribution in [-0.4, -0.2) is 33.7 Å². The lowest BCUT2D eigenvalue weighted by Gasteiger charge is -2.12. The van der Waals surface area contributed by atoms with E-state index in [9.17, 15) is 9.18 Å². The minimum atomic E-state index is -0.375. The Morgan fingerprint density at radius 1 is 1.25 bits per heavy atom. The van der Waals surface area contributed by atoms with Gasteiger partial charge in [0.25, 0.3) is 5.91 Å². The van der Waals surface area contributed by atoms with Crippen molar-refractivity contribution >= 4 is 11.6 Å². The van der Waals surface area contributed by atoms with E-state index in [0.717, 1.165) is 0 Å². The summed E-state index contributed by atoms with van der Waals surface area (Å²) in [5.41, 5.74) is 1.31. The van der Waals surface area contributed by atoms with Crippen LogP contribution in [0.5, 0.6) is 11.6 Å². The van der Waals surface area contributed by atoms with Crippen LogP contribution in [0.15, 0.2) is 36.7 Å². The van der Waals surface area contributed by atoms with E-state index in [1.807, 2.05) is 0 Å². The zero-order valence-corrected chi connectivity index (χ0v) is 12.5. The molecule has 1 N–H and O–H groups in total. The van der Waals surface area contributed by atoms with Gasteiger partial charge in [-0.2, -0.15) is 10.1 Å². The van der Waals surface area contributed by atoms with E-state index in [4.69, 9.17) is 9.47 Å². The van der Waals surface area contributed by atoms with Crippen molar-refractivity contribution in [3.05, 3.63) is 53.6 Å². The number of amides is 1. The van der Waals surface area contributed by atoms with Crippen LogP contribution < -0.4 is 14.8 Å². The molecule has 24 heavy (non-hydrogen) atoms. The molecular formula is C16H13FN4O3. The maximum Gasteiger partial charge on any atom is 0.256 e. The minimum absolute atomic E-state index is 0.0983. The molecule has 2 bridgehead atoms. The summed E-state index contributed by atoms with van der Waals surface area (Å²) in [5.74, 6) is 0.150. The van der Waals surface area contributed by atoms with Gasteiger partial charge >= 0.3 is 0 Å². The van der Waals surface area contributed by atoms with E-state index in [1.54, 1.807) is 18.3 Å². The largest absolute Gasteiger partial charge is 0.491 e. The third-order valence-corrected chi connectivity index (χ3v) is 3.63. The summed E-state index contributed by atoms with van der Waals surface area (Å²) >= 11 is 0. The first-order valence-corrected chi connectivity index (χ1v) is 7.37. The molecule has 0 atom stereocenters. The molecule has 8 heteroatoms. The summed E-state index contributed by atoms with van der Waals surface area (Å²) in [6.07, 6.45) is 3.10. The molecule has 1 amide bonds. The number of nitrogens with one attached hydrogen (secondary N) is 1. The molecule has 0 spiro atoms. The molecule has 0 radical (unpaired) electrons. The Hall–Kier alpha value is -3.16. The number of halogens is 1. The summed E-state index contributed by atoms with van der Waals surface area (Å²) in [7, 11) is 0. The van der Waals surface area contributed by atoms with Crippen LogP contribution in [-0.2, 0) is 6.61 Å². The van der Waals surface area contributed by atoms with Crippen LogP contribution in [0.3, 0.4) is 0 Å². The van der Waals surface area contributed by atoms with Crippen molar-refractivity contribution in [2.24, 2.45) is 0 Å². The molecule has 0 saturated heterocycles. The molecule has 122 valence electrons. The number of ether oxygens (including phenoxy) is 2. The number of carbonyl (C=O) groups excluding carboxylic acids is 1. The van der Waals surface area contributed by atoms with Gasteiger partial charge in [0.05, 0.1) is 12.7 Å². The van der Waals surface area contributed by atoms with Gasteiger partial charge in [-0.25, -0.2) is 8.91 Å². The number of nitrogens with zero attached hydrogens (tertiary/aromatic N) is 3. The molecular weight excluding hydrogens is 315 g/mol. The lowest BCUT2D eigenvalue weighted by molar-refractivity contribution is 0.0948. The Balaban J connectivity index is 1.75. The normalized spacial score (nSPS) is 14.6. The van der Waals surface area contributed by atoms with E-state index >= 15 is 0 Å². The number of fused-ring (bicyclic) bond motifs is 2. The molecule has 0 saturated carbocycles. The number of hydrogen-bond donors (Lipinski definition) is 1. The third-order valence-electron chi connectivity index (χ3n) is 3.63. The Kier molecular flexibility index (Phi) is 3.49. The molecule has 0 aliphatic carbocycles. The van der Waals surface area contributed by atoms with Gasteiger partial charge in [0.15, 0.2) is 5.65 Å². The summed E-state index contributed by atoms with van der Waals surface area (Å²) in [5, 5.41) is 6.83. The summed E-state index contributed by atoms with van der Waals surface area (Å²) in [4.78, 5) is 16.5. The van der Waals surface area contributed by atoms with Crippen molar-refractivity contribution in [2.45, 2.75) is 6.61 Å². The van der Waals surface area contributed by atoms with Gasteiger partial charge < -0.3 is 14.8 Å². The molecule has 0 unspecified atom stereocenters. The highest BCUT2D eigenvalue weighted by atomic mass is 19.1. The topological polar surface area (TPSA) is 77.8 Å². The van der Waals surface area contributed by atoms with E-state index in [2.05, 4.69) is 15.4 Å². The number of carbonyl (C=O) groups is 1. The second kappa shape index (κ2) is 5.80. The van der Waals surface area contributed by atoms with Crippen LogP contribution in [0.2, 0.25) is 0 Å². The first-order valence-electron chi connectivity index (χ1n) is 7.37. The molecule has 3 aromatic rings. The predicted octanol–water partition coefficient (Wildman–Crippen LogP) is 1.57. The third kappa shape index (κ3) is 2.62. The monoisotopic (exact) mass is 328 g/mol. The van der Waals surface area contributed by atoms with Crippen molar-refractivity contribution in [1.29, 1.82) is 0 Å². The first kappa shape index (κ1) is 14.4. The van der Waals surface area contributed by atoms with E-state index in [0.29, 0.717) is 34.9 Å². The maximum absolute atomic E-state index is 13.5. The van der Waals surface area contributed by atoms with Crippen LogP contribution in [0.1, 0.15) is 15.9 Å². The fraction of sp³-hybridized carbons (Fsp3) is 0.188. The van der Waals surface area contributed by atoms with Crippen molar-refractivity contribution in [3.8, 4) is 11.6 Å². The quantitative estimate of drug-likeness (QED) is 0.678. The van der Waals surface area contributed by atoms with Gasteiger partial charge in [-0.15, -0.1) is 0 Å². The van der Waals surface area contributed by atoms with Crippen molar-refractivity contribution in [3.63, 3.8) is 0 Å². The molecule has 1 aliphatic rings. The predicted molar refractivity (Wildman–Crippen MR) is 81.5 cm³/mol. The zero-order chi connectivity index (χ0) is 16.5. The average Bonchev–Trinajstić information content (AvgIpc) is 3.00. The number of rotatable bonds is 0. The zero-order valence-electron chi connectivity index (χ0n) is 12.5. The van der Waals surface area contributed by atoms with Crippen molar-refractivity contribution < 1.29 is 18.7 Å².